The molecule has 1 fully saturated rings. The molecule has 4 rings (SSSR count). The van der Waals surface area contributed by atoms with Crippen molar-refractivity contribution in [3.05, 3.63) is 108 Å². The Balaban J connectivity index is 1.55. The number of rotatable bonds is 8. The Kier molecular flexibility index (Phi) is 7.53. The van der Waals surface area contributed by atoms with Gasteiger partial charge in [-0.3, -0.25) is 9.59 Å². The predicted octanol–water partition coefficient (Wildman–Crippen LogP) is 3.30. The quantitative estimate of drug-likeness (QED) is 0.584. The number of nitrogens with zero attached hydrogens (tertiary/aromatic N) is 2. The van der Waals surface area contributed by atoms with Gasteiger partial charge in [-0.2, -0.15) is 0 Å². The summed E-state index contributed by atoms with van der Waals surface area (Å²) >= 11 is 0. The van der Waals surface area contributed by atoms with Crippen LogP contribution in [0.15, 0.2) is 91.0 Å². The van der Waals surface area contributed by atoms with Gasteiger partial charge < -0.3 is 15.1 Å². The Bertz CT molecular complexity index is 1040. The molecule has 1 N–H and O–H groups in total. The van der Waals surface area contributed by atoms with Gasteiger partial charge in [-0.05, 0) is 23.1 Å². The summed E-state index contributed by atoms with van der Waals surface area (Å²) in [6, 6.07) is 29.1. The summed E-state index contributed by atoms with van der Waals surface area (Å²) in [5.41, 5.74) is 3.23. The summed E-state index contributed by atoms with van der Waals surface area (Å²) in [5.74, 6) is -0.0380. The van der Waals surface area contributed by atoms with Gasteiger partial charge in [0.05, 0.1) is 6.04 Å². The maximum Gasteiger partial charge on any atom is 0.245 e. The average Bonchev–Trinajstić information content (AvgIpc) is 2.85. The second kappa shape index (κ2) is 10.9. The first-order chi connectivity index (χ1) is 16.1. The summed E-state index contributed by atoms with van der Waals surface area (Å²) in [7, 11) is 1.82. The van der Waals surface area contributed by atoms with Crippen LogP contribution < -0.4 is 5.32 Å². The van der Waals surface area contributed by atoms with Gasteiger partial charge in [-0.25, -0.2) is 0 Å². The third-order valence-corrected chi connectivity index (χ3v) is 6.18. The Labute approximate surface area is 196 Å². The normalized spacial score (nSPS) is 16.9. The molecule has 0 aliphatic carbocycles. The number of nitrogens with one attached hydrogen (secondary N) is 1. The summed E-state index contributed by atoms with van der Waals surface area (Å²) in [4.78, 5) is 30.7. The fourth-order valence-corrected chi connectivity index (χ4v) is 4.43. The average molecular weight is 442 g/mol. The van der Waals surface area contributed by atoms with Gasteiger partial charge >= 0.3 is 0 Å². The first-order valence-electron chi connectivity index (χ1n) is 11.5. The highest BCUT2D eigenvalue weighted by atomic mass is 16.2. The van der Waals surface area contributed by atoms with E-state index in [2.05, 4.69) is 5.32 Å². The van der Waals surface area contributed by atoms with Gasteiger partial charge in [-0.15, -0.1) is 0 Å². The minimum atomic E-state index is -0.533. The van der Waals surface area contributed by atoms with E-state index in [1.54, 1.807) is 9.80 Å². The molecular formula is C28H31N3O2. The highest BCUT2D eigenvalue weighted by Crippen LogP contribution is 2.18. The van der Waals surface area contributed by atoms with E-state index < -0.39 is 6.04 Å². The van der Waals surface area contributed by atoms with Gasteiger partial charge in [0, 0.05) is 33.1 Å². The molecule has 3 aromatic carbocycles. The minimum Gasteiger partial charge on any atom is -0.340 e. The van der Waals surface area contributed by atoms with Gasteiger partial charge in [0.1, 0.15) is 6.04 Å². The molecule has 0 spiro atoms. The van der Waals surface area contributed by atoms with E-state index in [0.29, 0.717) is 32.5 Å². The van der Waals surface area contributed by atoms with Crippen molar-refractivity contribution in [2.45, 2.75) is 31.5 Å². The first-order valence-corrected chi connectivity index (χ1v) is 11.5. The van der Waals surface area contributed by atoms with Crippen LogP contribution in [0.3, 0.4) is 0 Å². The van der Waals surface area contributed by atoms with E-state index in [-0.39, 0.29) is 17.9 Å². The highest BCUT2D eigenvalue weighted by molar-refractivity contribution is 5.90. The van der Waals surface area contributed by atoms with Crippen molar-refractivity contribution in [1.82, 2.24) is 15.1 Å². The molecule has 0 bridgehead atoms. The molecule has 2 atom stereocenters. The van der Waals surface area contributed by atoms with Crippen LogP contribution in [0.5, 0.6) is 0 Å². The van der Waals surface area contributed by atoms with Gasteiger partial charge in [0.2, 0.25) is 11.8 Å². The molecule has 2 amide bonds. The standard InChI is InChI=1S/C28H31N3O2/c1-30(21-24-15-9-4-10-16-24)28(33)26(20-23-13-7-3-8-14-23)31-18-17-29-25(27(31)32)19-22-11-5-2-6-12-22/h2-16,25-26,29H,17-21H2,1H3/t25?,26-/m1/s1. The number of likely N-dealkylation sites (N-methyl/N-ethyl adjacent to an activating group) is 1. The molecule has 0 aromatic heterocycles. The topological polar surface area (TPSA) is 52.7 Å². The van der Waals surface area contributed by atoms with Crippen LogP contribution in [0.2, 0.25) is 0 Å². The maximum atomic E-state index is 13.7. The first kappa shape index (κ1) is 22.7. The number of piperazine rings is 1. The Morgan fingerprint density at radius 3 is 2.06 bits per heavy atom. The van der Waals surface area contributed by atoms with Crippen LogP contribution in [0.4, 0.5) is 0 Å². The fraction of sp³-hybridized carbons (Fsp3) is 0.286. The zero-order valence-electron chi connectivity index (χ0n) is 19.1. The van der Waals surface area contributed by atoms with E-state index in [1.807, 2.05) is 98.0 Å². The number of hydrogen-bond donors (Lipinski definition) is 1. The zero-order chi connectivity index (χ0) is 23.0. The van der Waals surface area contributed by atoms with Crippen molar-refractivity contribution < 1.29 is 9.59 Å². The van der Waals surface area contributed by atoms with Gasteiger partial charge in [-0.1, -0.05) is 91.0 Å². The lowest BCUT2D eigenvalue weighted by Gasteiger charge is -2.39. The molecule has 33 heavy (non-hydrogen) atoms. The lowest BCUT2D eigenvalue weighted by Crippen LogP contribution is -2.62. The number of hydrogen-bond acceptors (Lipinski definition) is 3. The molecule has 3 aromatic rings. The van der Waals surface area contributed by atoms with Gasteiger partial charge in [0.15, 0.2) is 0 Å². The molecule has 5 nitrogen and oxygen atoms in total. The lowest BCUT2D eigenvalue weighted by molar-refractivity contribution is -0.148. The SMILES string of the molecule is CN(Cc1ccccc1)C(=O)[C@@H](Cc1ccccc1)N1CCNC(Cc2ccccc2)C1=O. The Morgan fingerprint density at radius 2 is 1.45 bits per heavy atom. The molecule has 1 unspecified atom stereocenters. The molecule has 0 radical (unpaired) electrons. The molecule has 1 saturated heterocycles. The number of benzene rings is 3. The molecule has 0 saturated carbocycles. The Morgan fingerprint density at radius 1 is 0.909 bits per heavy atom. The summed E-state index contributed by atoms with van der Waals surface area (Å²) in [6.45, 7) is 1.70. The molecule has 1 heterocycles. The van der Waals surface area contributed by atoms with Crippen LogP contribution in [-0.4, -0.2) is 53.8 Å². The third kappa shape index (κ3) is 5.88. The molecule has 1 aliphatic rings. The number of carbonyl (C=O) groups excluding carboxylic acids is 2. The predicted molar refractivity (Wildman–Crippen MR) is 130 cm³/mol. The van der Waals surface area contributed by atoms with Crippen molar-refractivity contribution in [3.8, 4) is 0 Å². The molecule has 170 valence electrons. The van der Waals surface area contributed by atoms with E-state index in [0.717, 1.165) is 16.7 Å². The summed E-state index contributed by atoms with van der Waals surface area (Å²) in [6.07, 6.45) is 1.12. The number of carbonyl (C=O) groups is 2. The zero-order valence-corrected chi connectivity index (χ0v) is 19.1. The van der Waals surface area contributed by atoms with Crippen molar-refractivity contribution in [1.29, 1.82) is 0 Å². The van der Waals surface area contributed by atoms with Crippen molar-refractivity contribution in [3.63, 3.8) is 0 Å². The monoisotopic (exact) mass is 441 g/mol. The second-order valence-corrected chi connectivity index (χ2v) is 8.61. The fourth-order valence-electron chi connectivity index (χ4n) is 4.43. The van der Waals surface area contributed by atoms with E-state index in [9.17, 15) is 9.59 Å². The summed E-state index contributed by atoms with van der Waals surface area (Å²) < 4.78 is 0. The largest absolute Gasteiger partial charge is 0.340 e. The minimum absolute atomic E-state index is 0.00695. The van der Waals surface area contributed by atoms with E-state index >= 15 is 0 Å². The molecular weight excluding hydrogens is 410 g/mol. The van der Waals surface area contributed by atoms with Crippen molar-refractivity contribution in [2.75, 3.05) is 20.1 Å². The van der Waals surface area contributed by atoms with Crippen molar-refractivity contribution >= 4 is 11.8 Å². The third-order valence-electron chi connectivity index (χ3n) is 6.18. The van der Waals surface area contributed by atoms with Gasteiger partial charge in [0.25, 0.3) is 0 Å². The Hall–Kier alpha value is -3.44. The van der Waals surface area contributed by atoms with Crippen LogP contribution in [0, 0.1) is 0 Å². The second-order valence-electron chi connectivity index (χ2n) is 8.61. The maximum absolute atomic E-state index is 13.7. The van der Waals surface area contributed by atoms with Crippen LogP contribution >= 0.6 is 0 Å². The number of amides is 2. The smallest absolute Gasteiger partial charge is 0.245 e. The van der Waals surface area contributed by atoms with E-state index in [1.165, 1.54) is 0 Å². The van der Waals surface area contributed by atoms with Crippen LogP contribution in [-0.2, 0) is 29.0 Å². The molecule has 1 aliphatic heterocycles. The van der Waals surface area contributed by atoms with Crippen LogP contribution in [0.25, 0.3) is 0 Å². The molecule has 5 heteroatoms. The highest BCUT2D eigenvalue weighted by Gasteiger charge is 2.37. The lowest BCUT2D eigenvalue weighted by atomic mass is 9.98. The van der Waals surface area contributed by atoms with E-state index in [4.69, 9.17) is 0 Å². The van der Waals surface area contributed by atoms with Crippen LogP contribution in [0.1, 0.15) is 16.7 Å². The summed E-state index contributed by atoms with van der Waals surface area (Å²) in [5, 5.41) is 3.36. The van der Waals surface area contributed by atoms with Crippen molar-refractivity contribution in [2.24, 2.45) is 0 Å².